The number of aromatic nitrogens is 2. The predicted molar refractivity (Wildman–Crippen MR) is 110 cm³/mol. The number of nitrogens with one attached hydrogen (secondary N) is 1. The third kappa shape index (κ3) is 3.66. The molecule has 0 saturated heterocycles. The number of H-pyrrole nitrogens is 1. The van der Waals surface area contributed by atoms with E-state index in [0.29, 0.717) is 37.7 Å². The molecule has 4 nitrogen and oxygen atoms in total. The van der Waals surface area contributed by atoms with Crippen molar-refractivity contribution in [2.75, 3.05) is 0 Å². The lowest BCUT2D eigenvalue weighted by atomic mass is 10.2. The van der Waals surface area contributed by atoms with Crippen LogP contribution in [-0.4, -0.2) is 16.0 Å². The summed E-state index contributed by atoms with van der Waals surface area (Å²) in [6.07, 6.45) is 1.42. The van der Waals surface area contributed by atoms with Gasteiger partial charge in [-0.3, -0.25) is 14.9 Å². The number of benzene rings is 2. The van der Waals surface area contributed by atoms with Crippen LogP contribution in [0.3, 0.4) is 0 Å². The molecule has 3 aromatic rings. The smallest absolute Gasteiger partial charge is 0.280 e. The second-order valence-electron chi connectivity index (χ2n) is 5.34. The van der Waals surface area contributed by atoms with E-state index in [2.05, 4.69) is 10.1 Å². The molecule has 2 aromatic carbocycles. The molecule has 0 fully saturated rings. The second kappa shape index (κ2) is 7.67. The van der Waals surface area contributed by atoms with Gasteiger partial charge < -0.3 is 0 Å². The molecule has 0 spiro atoms. The highest BCUT2D eigenvalue weighted by Gasteiger charge is 2.17. The van der Waals surface area contributed by atoms with Crippen LogP contribution >= 0.6 is 58.0 Å². The largest absolute Gasteiger partial charge is 0.295 e. The molecule has 9 heteroatoms. The fraction of sp³-hybridized carbons (Fsp3) is 0.0588. The van der Waals surface area contributed by atoms with Crippen LogP contribution in [0.15, 0.2) is 40.1 Å². The lowest BCUT2D eigenvalue weighted by Gasteiger charge is -2.07. The number of aryl methyl sites for hydroxylation is 1. The summed E-state index contributed by atoms with van der Waals surface area (Å²) < 4.78 is 1.25. The molecule has 0 unspecified atom stereocenters. The van der Waals surface area contributed by atoms with Crippen molar-refractivity contribution in [3.05, 3.63) is 77.1 Å². The van der Waals surface area contributed by atoms with Gasteiger partial charge in [-0.05, 0) is 31.2 Å². The molecular weight excluding hydrogens is 439 g/mol. The number of halogens is 5. The van der Waals surface area contributed by atoms with Gasteiger partial charge in [0.25, 0.3) is 5.56 Å². The number of nitrogens with zero attached hydrogens (tertiary/aromatic N) is 2. The molecule has 0 amide bonds. The van der Waals surface area contributed by atoms with E-state index < -0.39 is 0 Å². The van der Waals surface area contributed by atoms with Crippen LogP contribution in [0, 0.1) is 6.92 Å². The Bertz CT molecular complexity index is 1060. The van der Waals surface area contributed by atoms with Crippen molar-refractivity contribution in [2.24, 2.45) is 4.99 Å². The van der Waals surface area contributed by atoms with E-state index in [1.54, 1.807) is 25.1 Å². The first-order chi connectivity index (χ1) is 12.3. The van der Waals surface area contributed by atoms with Crippen LogP contribution in [0.5, 0.6) is 0 Å². The van der Waals surface area contributed by atoms with Gasteiger partial charge in [0, 0.05) is 16.9 Å². The van der Waals surface area contributed by atoms with Crippen LogP contribution < -0.4 is 5.56 Å². The summed E-state index contributed by atoms with van der Waals surface area (Å²) in [7, 11) is 0. The van der Waals surface area contributed by atoms with Crippen molar-refractivity contribution in [1.82, 2.24) is 9.78 Å². The van der Waals surface area contributed by atoms with E-state index in [-0.39, 0.29) is 15.6 Å². The Labute approximate surface area is 173 Å². The summed E-state index contributed by atoms with van der Waals surface area (Å²) in [4.78, 5) is 17.0. The monoisotopic (exact) mass is 447 g/mol. The molecule has 0 aliphatic rings. The Morgan fingerprint density at radius 3 is 2.35 bits per heavy atom. The molecule has 0 saturated carbocycles. The third-order valence-corrected chi connectivity index (χ3v) is 5.19. The molecule has 0 atom stereocenters. The highest BCUT2D eigenvalue weighted by molar-refractivity contribution is 6.43. The summed E-state index contributed by atoms with van der Waals surface area (Å²) in [5, 5.41) is 4.48. The zero-order chi connectivity index (χ0) is 19.0. The number of hydrogen-bond acceptors (Lipinski definition) is 2. The molecule has 0 radical (unpaired) electrons. The second-order valence-corrected chi connectivity index (χ2v) is 7.38. The minimum absolute atomic E-state index is 0.243. The first-order valence-electron chi connectivity index (χ1n) is 7.24. The van der Waals surface area contributed by atoms with Crippen LogP contribution in [0.25, 0.3) is 5.69 Å². The van der Waals surface area contributed by atoms with Crippen molar-refractivity contribution in [2.45, 2.75) is 6.92 Å². The third-order valence-electron chi connectivity index (χ3n) is 3.59. The van der Waals surface area contributed by atoms with Crippen LogP contribution in [0.4, 0.5) is 5.69 Å². The maximum absolute atomic E-state index is 12.8. The molecular formula is C17H10Cl5N3O. The average Bonchev–Trinajstić information content (AvgIpc) is 2.83. The minimum Gasteiger partial charge on any atom is -0.295 e. The van der Waals surface area contributed by atoms with Crippen molar-refractivity contribution in [1.29, 1.82) is 0 Å². The molecule has 0 aliphatic heterocycles. The maximum Gasteiger partial charge on any atom is 0.280 e. The van der Waals surface area contributed by atoms with Gasteiger partial charge in [0.1, 0.15) is 5.69 Å². The SMILES string of the molecule is Cc1[nH]n(-c2c(Cl)cc(Cl)cc2Cl)c(=O)c1C=Nc1cccc(Cl)c1Cl. The lowest BCUT2D eigenvalue weighted by Crippen LogP contribution is -2.18. The highest BCUT2D eigenvalue weighted by atomic mass is 35.5. The summed E-state index contributed by atoms with van der Waals surface area (Å²) in [5.74, 6) is 0. The van der Waals surface area contributed by atoms with Crippen molar-refractivity contribution in [3.63, 3.8) is 0 Å². The quantitative estimate of drug-likeness (QED) is 0.457. The fourth-order valence-electron chi connectivity index (χ4n) is 2.34. The predicted octanol–water partition coefficient (Wildman–Crippen LogP) is 6.49. The average molecular weight is 450 g/mol. The van der Waals surface area contributed by atoms with Gasteiger partial charge in [0.05, 0.1) is 31.3 Å². The Hall–Kier alpha value is -1.43. The summed E-state index contributed by atoms with van der Waals surface area (Å²) >= 11 is 30.4. The Morgan fingerprint density at radius 1 is 1.04 bits per heavy atom. The van der Waals surface area contributed by atoms with Crippen molar-refractivity contribution in [3.8, 4) is 5.69 Å². The fourth-order valence-corrected chi connectivity index (χ4v) is 3.67. The number of aromatic amines is 1. The van der Waals surface area contributed by atoms with Gasteiger partial charge >= 0.3 is 0 Å². The van der Waals surface area contributed by atoms with Gasteiger partial charge in [0.2, 0.25) is 0 Å². The van der Waals surface area contributed by atoms with E-state index in [1.807, 2.05) is 0 Å². The van der Waals surface area contributed by atoms with Gasteiger partial charge in [0.15, 0.2) is 0 Å². The number of rotatable bonds is 3. The minimum atomic E-state index is -0.365. The summed E-state index contributed by atoms with van der Waals surface area (Å²) in [5.41, 5.74) is 1.32. The highest BCUT2D eigenvalue weighted by Crippen LogP contribution is 2.32. The van der Waals surface area contributed by atoms with E-state index in [1.165, 1.54) is 23.0 Å². The van der Waals surface area contributed by atoms with Gasteiger partial charge in [-0.2, -0.15) is 0 Å². The summed E-state index contributed by atoms with van der Waals surface area (Å²) in [6, 6.07) is 8.08. The van der Waals surface area contributed by atoms with Crippen LogP contribution in [0.2, 0.25) is 25.1 Å². The van der Waals surface area contributed by atoms with Crippen LogP contribution in [0.1, 0.15) is 11.3 Å². The normalized spacial score (nSPS) is 11.5. The topological polar surface area (TPSA) is 50.1 Å². The first-order valence-corrected chi connectivity index (χ1v) is 9.13. The zero-order valence-electron chi connectivity index (χ0n) is 13.2. The van der Waals surface area contributed by atoms with Crippen LogP contribution in [-0.2, 0) is 0 Å². The van der Waals surface area contributed by atoms with Crippen molar-refractivity contribution < 1.29 is 0 Å². The molecule has 3 rings (SSSR count). The lowest BCUT2D eigenvalue weighted by molar-refractivity contribution is 0.835. The first kappa shape index (κ1) is 19.3. The number of hydrogen-bond donors (Lipinski definition) is 1. The Kier molecular flexibility index (Phi) is 5.70. The van der Waals surface area contributed by atoms with E-state index >= 15 is 0 Å². The molecule has 134 valence electrons. The molecule has 0 bridgehead atoms. The van der Waals surface area contributed by atoms with E-state index in [0.717, 1.165) is 0 Å². The van der Waals surface area contributed by atoms with Gasteiger partial charge in [-0.15, -0.1) is 0 Å². The molecule has 0 aliphatic carbocycles. The molecule has 1 aromatic heterocycles. The molecule has 1 N–H and O–H groups in total. The van der Waals surface area contributed by atoms with Gasteiger partial charge in [-0.25, -0.2) is 4.68 Å². The van der Waals surface area contributed by atoms with Crippen molar-refractivity contribution >= 4 is 69.9 Å². The maximum atomic E-state index is 12.8. The Balaban J connectivity index is 2.09. The van der Waals surface area contributed by atoms with E-state index in [4.69, 9.17) is 58.0 Å². The van der Waals surface area contributed by atoms with E-state index in [9.17, 15) is 4.79 Å². The zero-order valence-corrected chi connectivity index (χ0v) is 16.9. The number of aliphatic imine (C=N–C) groups is 1. The standard InChI is InChI=1S/C17H10Cl5N3O/c1-8-10(7-23-14-4-2-3-11(19)15(14)22)17(26)25(24-8)16-12(20)5-9(18)6-13(16)21/h2-7,24H,1H3. The summed E-state index contributed by atoms with van der Waals surface area (Å²) in [6.45, 7) is 1.73. The van der Waals surface area contributed by atoms with Gasteiger partial charge in [-0.1, -0.05) is 64.1 Å². The molecule has 26 heavy (non-hydrogen) atoms. The molecule has 1 heterocycles. The Morgan fingerprint density at radius 2 is 1.69 bits per heavy atom.